The fourth-order valence-corrected chi connectivity index (χ4v) is 2.83. The van der Waals surface area contributed by atoms with Gasteiger partial charge < -0.3 is 9.26 Å². The van der Waals surface area contributed by atoms with Gasteiger partial charge in [-0.25, -0.2) is 4.98 Å². The number of methoxy groups -OCH3 is 1. The maximum atomic E-state index is 5.47. The lowest BCUT2D eigenvalue weighted by atomic mass is 10.1. The summed E-state index contributed by atoms with van der Waals surface area (Å²) in [5.41, 5.74) is 4.74. The van der Waals surface area contributed by atoms with Gasteiger partial charge in [-0.3, -0.25) is 0 Å². The van der Waals surface area contributed by atoms with Gasteiger partial charge in [0, 0.05) is 10.9 Å². The lowest BCUT2D eigenvalue weighted by Crippen LogP contribution is -1.94. The van der Waals surface area contributed by atoms with Crippen molar-refractivity contribution >= 4 is 10.9 Å². The van der Waals surface area contributed by atoms with Gasteiger partial charge in [-0.2, -0.15) is 4.98 Å². The quantitative estimate of drug-likeness (QED) is 0.550. The van der Waals surface area contributed by atoms with Gasteiger partial charge in [0.15, 0.2) is 0 Å². The van der Waals surface area contributed by atoms with Crippen molar-refractivity contribution in [2.24, 2.45) is 0 Å². The fraction of sp³-hybridized carbons (Fsp3) is 0.150. The van der Waals surface area contributed by atoms with Crippen LogP contribution < -0.4 is 4.74 Å². The Morgan fingerprint density at radius 1 is 0.920 bits per heavy atom. The van der Waals surface area contributed by atoms with E-state index in [0.29, 0.717) is 23.2 Å². The number of benzene rings is 2. The number of aromatic nitrogens is 3. The highest BCUT2D eigenvalue weighted by molar-refractivity contribution is 5.85. The molecular weight excluding hydrogens is 314 g/mol. The van der Waals surface area contributed by atoms with Crippen LogP contribution >= 0.6 is 0 Å². The van der Waals surface area contributed by atoms with Crippen LogP contribution in [-0.4, -0.2) is 22.2 Å². The predicted molar refractivity (Wildman–Crippen MR) is 96.5 cm³/mol. The van der Waals surface area contributed by atoms with Crippen LogP contribution in [0.4, 0.5) is 0 Å². The van der Waals surface area contributed by atoms with Crippen LogP contribution in [0.5, 0.6) is 5.88 Å². The summed E-state index contributed by atoms with van der Waals surface area (Å²) in [6.45, 7) is 4.05. The molecule has 25 heavy (non-hydrogen) atoms. The summed E-state index contributed by atoms with van der Waals surface area (Å²) in [4.78, 5) is 9.13. The molecular formula is C20H17N3O2. The fourth-order valence-electron chi connectivity index (χ4n) is 2.83. The average molecular weight is 331 g/mol. The first kappa shape index (κ1) is 15.3. The van der Waals surface area contributed by atoms with E-state index in [1.54, 1.807) is 7.11 Å². The summed E-state index contributed by atoms with van der Waals surface area (Å²) >= 11 is 0. The van der Waals surface area contributed by atoms with Crippen molar-refractivity contribution in [3.05, 3.63) is 59.7 Å². The van der Waals surface area contributed by atoms with E-state index in [1.165, 1.54) is 0 Å². The molecule has 2 heterocycles. The SMILES string of the molecule is COc1nc2cc(C)ccc2cc1-c1noc(-c2ccccc2C)n1. The van der Waals surface area contributed by atoms with Crippen molar-refractivity contribution in [3.63, 3.8) is 0 Å². The van der Waals surface area contributed by atoms with Crippen molar-refractivity contribution in [3.8, 4) is 28.7 Å². The second-order valence-corrected chi connectivity index (χ2v) is 5.98. The Labute approximate surface area is 145 Å². The lowest BCUT2D eigenvalue weighted by molar-refractivity contribution is 0.399. The van der Waals surface area contributed by atoms with Crippen LogP contribution in [0.25, 0.3) is 33.7 Å². The first-order valence-electron chi connectivity index (χ1n) is 8.01. The molecule has 4 aromatic rings. The Morgan fingerprint density at radius 2 is 1.76 bits per heavy atom. The minimum atomic E-state index is 0.463. The Kier molecular flexibility index (Phi) is 3.69. The number of pyridine rings is 1. The standard InChI is InChI=1S/C20H17N3O2/c1-12-8-9-14-11-16(19(24-3)21-17(14)10-12)18-22-20(25-23-18)15-7-5-4-6-13(15)2/h4-11H,1-3H3. The molecule has 0 bridgehead atoms. The van der Waals surface area contributed by atoms with E-state index in [0.717, 1.165) is 27.6 Å². The Hall–Kier alpha value is -3.21. The summed E-state index contributed by atoms with van der Waals surface area (Å²) in [6.07, 6.45) is 0. The zero-order valence-electron chi connectivity index (χ0n) is 14.3. The number of hydrogen-bond acceptors (Lipinski definition) is 5. The van der Waals surface area contributed by atoms with E-state index in [9.17, 15) is 0 Å². The van der Waals surface area contributed by atoms with Crippen LogP contribution in [0.1, 0.15) is 11.1 Å². The monoisotopic (exact) mass is 331 g/mol. The third-order valence-corrected chi connectivity index (χ3v) is 4.17. The van der Waals surface area contributed by atoms with Gasteiger partial charge in [0.1, 0.15) is 0 Å². The van der Waals surface area contributed by atoms with E-state index >= 15 is 0 Å². The molecule has 4 rings (SSSR count). The van der Waals surface area contributed by atoms with E-state index in [4.69, 9.17) is 9.26 Å². The third-order valence-electron chi connectivity index (χ3n) is 4.17. The van der Waals surface area contributed by atoms with Crippen molar-refractivity contribution in [1.82, 2.24) is 15.1 Å². The first-order valence-corrected chi connectivity index (χ1v) is 8.01. The van der Waals surface area contributed by atoms with Gasteiger partial charge in [0.2, 0.25) is 11.7 Å². The second kappa shape index (κ2) is 6.02. The van der Waals surface area contributed by atoms with Crippen LogP contribution in [0.2, 0.25) is 0 Å². The van der Waals surface area contributed by atoms with Crippen molar-refractivity contribution < 1.29 is 9.26 Å². The molecule has 0 N–H and O–H groups in total. The zero-order chi connectivity index (χ0) is 17.4. The van der Waals surface area contributed by atoms with Gasteiger partial charge in [-0.1, -0.05) is 35.5 Å². The Morgan fingerprint density at radius 3 is 2.56 bits per heavy atom. The number of aryl methyl sites for hydroxylation is 2. The topological polar surface area (TPSA) is 61.0 Å². The van der Waals surface area contributed by atoms with E-state index in [1.807, 2.05) is 56.3 Å². The molecule has 5 nitrogen and oxygen atoms in total. The molecule has 0 radical (unpaired) electrons. The predicted octanol–water partition coefficient (Wildman–Crippen LogP) is 4.58. The summed E-state index contributed by atoms with van der Waals surface area (Å²) in [5.74, 6) is 1.43. The highest BCUT2D eigenvalue weighted by atomic mass is 16.5. The minimum absolute atomic E-state index is 0.463. The van der Waals surface area contributed by atoms with E-state index in [-0.39, 0.29) is 0 Å². The third kappa shape index (κ3) is 2.74. The van der Waals surface area contributed by atoms with Crippen LogP contribution in [-0.2, 0) is 0 Å². The number of rotatable bonds is 3. The molecule has 0 unspecified atom stereocenters. The normalized spacial score (nSPS) is 11.0. The smallest absolute Gasteiger partial charge is 0.258 e. The van der Waals surface area contributed by atoms with Crippen molar-refractivity contribution in [1.29, 1.82) is 0 Å². The first-order chi connectivity index (χ1) is 12.2. The highest BCUT2D eigenvalue weighted by Gasteiger charge is 2.17. The molecule has 0 atom stereocenters. The Balaban J connectivity index is 1.85. The van der Waals surface area contributed by atoms with Gasteiger partial charge in [-0.05, 0) is 43.2 Å². The van der Waals surface area contributed by atoms with Crippen molar-refractivity contribution in [2.75, 3.05) is 7.11 Å². The summed E-state index contributed by atoms with van der Waals surface area (Å²) < 4.78 is 10.9. The lowest BCUT2D eigenvalue weighted by Gasteiger charge is -2.07. The van der Waals surface area contributed by atoms with Gasteiger partial charge in [0.05, 0.1) is 18.2 Å². The maximum absolute atomic E-state index is 5.47. The van der Waals surface area contributed by atoms with Crippen molar-refractivity contribution in [2.45, 2.75) is 13.8 Å². The highest BCUT2D eigenvalue weighted by Crippen LogP contribution is 2.32. The molecule has 2 aromatic heterocycles. The largest absolute Gasteiger partial charge is 0.480 e. The molecule has 0 aliphatic heterocycles. The molecule has 5 heteroatoms. The van der Waals surface area contributed by atoms with E-state index in [2.05, 4.69) is 21.2 Å². The molecule has 0 saturated carbocycles. The van der Waals surface area contributed by atoms with Gasteiger partial charge in [0.25, 0.3) is 5.89 Å². The molecule has 124 valence electrons. The second-order valence-electron chi connectivity index (χ2n) is 5.98. The number of ether oxygens (including phenoxy) is 1. The van der Waals surface area contributed by atoms with Crippen LogP contribution in [0.15, 0.2) is 53.1 Å². The van der Waals surface area contributed by atoms with E-state index < -0.39 is 0 Å². The molecule has 0 saturated heterocycles. The molecule has 0 spiro atoms. The summed E-state index contributed by atoms with van der Waals surface area (Å²) in [7, 11) is 1.59. The summed E-state index contributed by atoms with van der Waals surface area (Å²) in [5, 5.41) is 5.13. The minimum Gasteiger partial charge on any atom is -0.480 e. The van der Waals surface area contributed by atoms with Crippen LogP contribution in [0, 0.1) is 13.8 Å². The van der Waals surface area contributed by atoms with Crippen LogP contribution in [0.3, 0.4) is 0 Å². The summed E-state index contributed by atoms with van der Waals surface area (Å²) in [6, 6.07) is 16.0. The maximum Gasteiger partial charge on any atom is 0.258 e. The Bertz CT molecular complexity index is 1070. The van der Waals surface area contributed by atoms with Gasteiger partial charge in [-0.15, -0.1) is 0 Å². The number of hydrogen-bond donors (Lipinski definition) is 0. The number of fused-ring (bicyclic) bond motifs is 1. The molecule has 0 aliphatic rings. The zero-order valence-corrected chi connectivity index (χ0v) is 14.3. The van der Waals surface area contributed by atoms with Gasteiger partial charge >= 0.3 is 0 Å². The molecule has 2 aromatic carbocycles. The number of nitrogens with zero attached hydrogens (tertiary/aromatic N) is 3. The molecule has 0 aliphatic carbocycles. The average Bonchev–Trinajstić information content (AvgIpc) is 3.10. The molecule has 0 amide bonds. The molecule has 0 fully saturated rings.